The van der Waals surface area contributed by atoms with Gasteiger partial charge >= 0.3 is 0 Å². The Kier molecular flexibility index (Phi) is 7.24. The maximum absolute atomic E-state index is 13.0. The minimum Gasteiger partial charge on any atom is -0.356 e. The van der Waals surface area contributed by atoms with E-state index >= 15 is 0 Å². The monoisotopic (exact) mass is 407 g/mol. The van der Waals surface area contributed by atoms with Crippen molar-refractivity contribution in [2.24, 2.45) is 11.3 Å². The van der Waals surface area contributed by atoms with Crippen LogP contribution in [0.5, 0.6) is 0 Å². The number of piperidine rings is 1. The zero-order chi connectivity index (χ0) is 21.6. The Morgan fingerprint density at radius 2 is 1.63 bits per heavy atom. The molecule has 30 heavy (non-hydrogen) atoms. The molecule has 3 rings (SSSR count). The quantitative estimate of drug-likeness (QED) is 0.752. The van der Waals surface area contributed by atoms with Crippen molar-refractivity contribution in [3.05, 3.63) is 54.4 Å². The van der Waals surface area contributed by atoms with E-state index in [4.69, 9.17) is 0 Å². The standard InChI is InChI=1S/C25H33N3O2/c1-4-27-24(30)25(11-15-28(16-12-25)23(29)17-19(2)3)18-20-5-7-21(8-6-20)22-9-13-26-14-10-22/h5-10,13-14,19H,4,11-12,15-18H2,1-3H3,(H,27,30). The molecule has 1 saturated heterocycles. The third-order valence-corrected chi connectivity index (χ3v) is 5.99. The fraction of sp³-hybridized carbons (Fsp3) is 0.480. The molecule has 0 aliphatic carbocycles. The number of carbonyl (C=O) groups excluding carboxylic acids is 2. The smallest absolute Gasteiger partial charge is 0.226 e. The molecule has 2 amide bonds. The Morgan fingerprint density at radius 3 is 2.20 bits per heavy atom. The first-order valence-electron chi connectivity index (χ1n) is 11.0. The van der Waals surface area contributed by atoms with Gasteiger partial charge in [-0.15, -0.1) is 0 Å². The summed E-state index contributed by atoms with van der Waals surface area (Å²) >= 11 is 0. The summed E-state index contributed by atoms with van der Waals surface area (Å²) in [7, 11) is 0. The Bertz CT molecular complexity index is 838. The van der Waals surface area contributed by atoms with E-state index in [9.17, 15) is 9.59 Å². The second-order valence-electron chi connectivity index (χ2n) is 8.73. The number of nitrogens with zero attached hydrogens (tertiary/aromatic N) is 2. The van der Waals surface area contributed by atoms with Crippen molar-refractivity contribution in [2.75, 3.05) is 19.6 Å². The van der Waals surface area contributed by atoms with Gasteiger partial charge in [0, 0.05) is 38.4 Å². The van der Waals surface area contributed by atoms with Crippen molar-refractivity contribution < 1.29 is 9.59 Å². The number of likely N-dealkylation sites (tertiary alicyclic amines) is 1. The normalized spacial score (nSPS) is 15.8. The number of hydrogen-bond acceptors (Lipinski definition) is 3. The van der Waals surface area contributed by atoms with Crippen LogP contribution in [0.1, 0.15) is 45.6 Å². The van der Waals surface area contributed by atoms with E-state index in [2.05, 4.69) is 48.4 Å². The van der Waals surface area contributed by atoms with Gasteiger partial charge in [0.2, 0.25) is 11.8 Å². The highest BCUT2D eigenvalue weighted by atomic mass is 16.2. The van der Waals surface area contributed by atoms with Crippen LogP contribution >= 0.6 is 0 Å². The van der Waals surface area contributed by atoms with Gasteiger partial charge in [-0.25, -0.2) is 0 Å². The maximum Gasteiger partial charge on any atom is 0.226 e. The Morgan fingerprint density at radius 1 is 1.03 bits per heavy atom. The van der Waals surface area contributed by atoms with Gasteiger partial charge in [-0.1, -0.05) is 38.1 Å². The summed E-state index contributed by atoms with van der Waals surface area (Å²) in [5.41, 5.74) is 2.97. The molecule has 5 nitrogen and oxygen atoms in total. The molecule has 0 spiro atoms. The number of aromatic nitrogens is 1. The number of amides is 2. The summed E-state index contributed by atoms with van der Waals surface area (Å²) in [5.74, 6) is 0.668. The summed E-state index contributed by atoms with van der Waals surface area (Å²) in [5, 5.41) is 3.04. The Hall–Kier alpha value is -2.69. The fourth-order valence-electron chi connectivity index (χ4n) is 4.24. The number of carbonyl (C=O) groups is 2. The fourth-order valence-corrected chi connectivity index (χ4v) is 4.24. The Labute approximate surface area is 179 Å². The van der Waals surface area contributed by atoms with Crippen molar-refractivity contribution in [3.8, 4) is 11.1 Å². The van der Waals surface area contributed by atoms with E-state index in [1.165, 1.54) is 0 Å². The van der Waals surface area contributed by atoms with E-state index in [-0.39, 0.29) is 11.8 Å². The van der Waals surface area contributed by atoms with Gasteiger partial charge in [-0.2, -0.15) is 0 Å². The number of benzene rings is 1. The van der Waals surface area contributed by atoms with E-state index in [1.807, 2.05) is 24.0 Å². The first kappa shape index (κ1) is 22.0. The van der Waals surface area contributed by atoms with Crippen LogP contribution in [0.15, 0.2) is 48.8 Å². The van der Waals surface area contributed by atoms with Crippen molar-refractivity contribution in [1.82, 2.24) is 15.2 Å². The number of rotatable bonds is 7. The molecule has 2 aromatic rings. The summed E-state index contributed by atoms with van der Waals surface area (Å²) in [6, 6.07) is 12.4. The van der Waals surface area contributed by atoms with Gasteiger partial charge in [-0.05, 0) is 60.9 Å². The predicted octanol–water partition coefficient (Wildman–Crippen LogP) is 4.08. The van der Waals surface area contributed by atoms with Crippen molar-refractivity contribution in [2.45, 2.75) is 46.5 Å². The SMILES string of the molecule is CCNC(=O)C1(Cc2ccc(-c3ccncc3)cc2)CCN(C(=O)CC(C)C)CC1. The molecule has 2 heterocycles. The van der Waals surface area contributed by atoms with Crippen LogP contribution in [0.4, 0.5) is 0 Å². The van der Waals surface area contributed by atoms with E-state index in [0.29, 0.717) is 51.2 Å². The molecule has 0 saturated carbocycles. The number of nitrogens with one attached hydrogen (secondary N) is 1. The minimum absolute atomic E-state index is 0.110. The molecule has 0 bridgehead atoms. The molecule has 0 radical (unpaired) electrons. The largest absolute Gasteiger partial charge is 0.356 e. The van der Waals surface area contributed by atoms with Crippen LogP contribution in [-0.4, -0.2) is 41.3 Å². The predicted molar refractivity (Wildman–Crippen MR) is 120 cm³/mol. The van der Waals surface area contributed by atoms with Gasteiger partial charge in [0.15, 0.2) is 0 Å². The molecule has 1 N–H and O–H groups in total. The van der Waals surface area contributed by atoms with Crippen LogP contribution < -0.4 is 5.32 Å². The van der Waals surface area contributed by atoms with Crippen LogP contribution in [0.3, 0.4) is 0 Å². The third-order valence-electron chi connectivity index (χ3n) is 5.99. The molecule has 160 valence electrons. The minimum atomic E-state index is -0.456. The lowest BCUT2D eigenvalue weighted by atomic mass is 9.72. The molecule has 1 aromatic carbocycles. The topological polar surface area (TPSA) is 62.3 Å². The molecule has 0 unspecified atom stereocenters. The average Bonchev–Trinajstić information content (AvgIpc) is 2.75. The molecule has 0 atom stereocenters. The van der Waals surface area contributed by atoms with Crippen LogP contribution in [0.2, 0.25) is 0 Å². The lowest BCUT2D eigenvalue weighted by Crippen LogP contribution is -2.51. The van der Waals surface area contributed by atoms with Crippen LogP contribution in [0.25, 0.3) is 11.1 Å². The van der Waals surface area contributed by atoms with Gasteiger partial charge in [0.25, 0.3) is 0 Å². The molecule has 1 aliphatic heterocycles. The summed E-state index contributed by atoms with van der Waals surface area (Å²) < 4.78 is 0. The van der Waals surface area contributed by atoms with Crippen LogP contribution in [-0.2, 0) is 16.0 Å². The van der Waals surface area contributed by atoms with Gasteiger partial charge < -0.3 is 10.2 Å². The Balaban J connectivity index is 1.73. The average molecular weight is 408 g/mol. The number of hydrogen-bond donors (Lipinski definition) is 1. The zero-order valence-electron chi connectivity index (χ0n) is 18.4. The molecule has 5 heteroatoms. The van der Waals surface area contributed by atoms with Crippen molar-refractivity contribution in [1.29, 1.82) is 0 Å². The third kappa shape index (κ3) is 5.26. The van der Waals surface area contributed by atoms with E-state index < -0.39 is 5.41 Å². The number of pyridine rings is 1. The van der Waals surface area contributed by atoms with Crippen molar-refractivity contribution >= 4 is 11.8 Å². The highest BCUT2D eigenvalue weighted by molar-refractivity contribution is 5.84. The van der Waals surface area contributed by atoms with Crippen molar-refractivity contribution in [3.63, 3.8) is 0 Å². The van der Waals surface area contributed by atoms with Gasteiger partial charge in [-0.3, -0.25) is 14.6 Å². The molecule has 1 aliphatic rings. The lowest BCUT2D eigenvalue weighted by molar-refractivity contribution is -0.141. The second-order valence-corrected chi connectivity index (χ2v) is 8.73. The first-order valence-corrected chi connectivity index (χ1v) is 11.0. The molecular weight excluding hydrogens is 374 g/mol. The highest BCUT2D eigenvalue weighted by Crippen LogP contribution is 2.36. The highest BCUT2D eigenvalue weighted by Gasteiger charge is 2.42. The lowest BCUT2D eigenvalue weighted by Gasteiger charge is -2.41. The van der Waals surface area contributed by atoms with E-state index in [1.54, 1.807) is 12.4 Å². The second kappa shape index (κ2) is 9.88. The maximum atomic E-state index is 13.0. The first-order chi connectivity index (χ1) is 14.4. The summed E-state index contributed by atoms with van der Waals surface area (Å²) in [6.07, 6.45) is 6.26. The molecule has 1 aromatic heterocycles. The zero-order valence-corrected chi connectivity index (χ0v) is 18.4. The summed E-state index contributed by atoms with van der Waals surface area (Å²) in [4.78, 5) is 31.5. The molecular formula is C25H33N3O2. The summed E-state index contributed by atoms with van der Waals surface area (Å²) in [6.45, 7) is 8.01. The van der Waals surface area contributed by atoms with E-state index in [0.717, 1.165) is 16.7 Å². The van der Waals surface area contributed by atoms with Crippen LogP contribution in [0, 0.1) is 11.3 Å². The van der Waals surface area contributed by atoms with Gasteiger partial charge in [0.1, 0.15) is 0 Å². The molecule has 1 fully saturated rings. The van der Waals surface area contributed by atoms with Gasteiger partial charge in [0.05, 0.1) is 5.41 Å².